The van der Waals surface area contributed by atoms with Crippen LogP contribution in [-0.4, -0.2) is 11.9 Å². The molecule has 0 bridgehead atoms. The average Bonchev–Trinajstić information content (AvgIpc) is 2.74. The van der Waals surface area contributed by atoms with Gasteiger partial charge in [0, 0.05) is 23.2 Å². The van der Waals surface area contributed by atoms with Crippen molar-refractivity contribution in [2.45, 2.75) is 58.0 Å². The fourth-order valence-corrected chi connectivity index (χ4v) is 3.34. The molecule has 1 aliphatic rings. The van der Waals surface area contributed by atoms with Gasteiger partial charge >= 0.3 is 0 Å². The van der Waals surface area contributed by atoms with Crippen molar-refractivity contribution in [3.63, 3.8) is 0 Å². The van der Waals surface area contributed by atoms with Crippen molar-refractivity contribution < 1.29 is 4.79 Å². The molecule has 0 spiro atoms. The summed E-state index contributed by atoms with van der Waals surface area (Å²) >= 11 is 6.22. The van der Waals surface area contributed by atoms with Crippen molar-refractivity contribution >= 4 is 17.5 Å². The molecular formula is C17H25ClN2O. The van der Waals surface area contributed by atoms with E-state index in [1.807, 2.05) is 6.07 Å². The fourth-order valence-electron chi connectivity index (χ4n) is 3.09. The lowest BCUT2D eigenvalue weighted by atomic mass is 9.93. The molecule has 21 heavy (non-hydrogen) atoms. The molecule has 3 nitrogen and oxygen atoms in total. The topological polar surface area (TPSA) is 55.1 Å². The largest absolute Gasteiger partial charge is 0.366 e. The van der Waals surface area contributed by atoms with Crippen LogP contribution in [0.15, 0.2) is 18.2 Å². The number of halogens is 1. The van der Waals surface area contributed by atoms with Crippen LogP contribution in [0.25, 0.3) is 0 Å². The van der Waals surface area contributed by atoms with E-state index in [-0.39, 0.29) is 0 Å². The van der Waals surface area contributed by atoms with Gasteiger partial charge in [-0.25, -0.2) is 0 Å². The molecule has 4 heteroatoms. The van der Waals surface area contributed by atoms with Crippen LogP contribution in [0.3, 0.4) is 0 Å². The third-order valence-electron chi connectivity index (χ3n) is 4.56. The van der Waals surface area contributed by atoms with Crippen molar-refractivity contribution in [3.8, 4) is 0 Å². The van der Waals surface area contributed by atoms with Crippen LogP contribution in [0, 0.1) is 5.92 Å². The van der Waals surface area contributed by atoms with Gasteiger partial charge in [-0.1, -0.05) is 43.4 Å². The first-order valence-corrected chi connectivity index (χ1v) is 8.27. The lowest BCUT2D eigenvalue weighted by molar-refractivity contribution is 0.100. The minimum absolute atomic E-state index is 0.441. The maximum absolute atomic E-state index is 11.1. The number of hydrogen-bond acceptors (Lipinski definition) is 2. The molecule has 0 saturated heterocycles. The molecule has 0 heterocycles. The normalized spacial score (nSPS) is 18.2. The maximum atomic E-state index is 11.1. The molecule has 1 atom stereocenters. The van der Waals surface area contributed by atoms with Gasteiger partial charge in [-0.3, -0.25) is 4.79 Å². The fraction of sp³-hybridized carbons (Fsp3) is 0.588. The van der Waals surface area contributed by atoms with Crippen LogP contribution in [0.2, 0.25) is 5.02 Å². The van der Waals surface area contributed by atoms with E-state index < -0.39 is 5.91 Å². The number of carbonyl (C=O) groups excluding carboxylic acids is 1. The second kappa shape index (κ2) is 7.81. The number of rotatable bonds is 5. The summed E-state index contributed by atoms with van der Waals surface area (Å²) in [6, 6.07) is 5.77. The van der Waals surface area contributed by atoms with E-state index in [9.17, 15) is 4.79 Å². The number of hydrogen-bond donors (Lipinski definition) is 2. The number of nitrogens with two attached hydrogens (primary N) is 1. The number of primary amides is 1. The minimum atomic E-state index is -0.441. The summed E-state index contributed by atoms with van der Waals surface area (Å²) in [5.41, 5.74) is 6.73. The number of nitrogens with one attached hydrogen (secondary N) is 1. The predicted molar refractivity (Wildman–Crippen MR) is 87.5 cm³/mol. The molecule has 3 N–H and O–H groups in total. The van der Waals surface area contributed by atoms with Crippen LogP contribution in [-0.2, 0) is 6.54 Å². The van der Waals surface area contributed by atoms with Gasteiger partial charge < -0.3 is 11.1 Å². The van der Waals surface area contributed by atoms with Gasteiger partial charge in [0.05, 0.1) is 0 Å². The first-order chi connectivity index (χ1) is 10.1. The Hall–Kier alpha value is -1.06. The van der Waals surface area contributed by atoms with E-state index in [1.165, 1.54) is 38.5 Å². The zero-order valence-electron chi connectivity index (χ0n) is 12.7. The van der Waals surface area contributed by atoms with Gasteiger partial charge in [-0.2, -0.15) is 0 Å². The van der Waals surface area contributed by atoms with Gasteiger partial charge in [0.25, 0.3) is 0 Å². The molecule has 0 aromatic heterocycles. The quantitative estimate of drug-likeness (QED) is 0.811. The Kier molecular flexibility index (Phi) is 6.07. The molecule has 2 rings (SSSR count). The summed E-state index contributed by atoms with van der Waals surface area (Å²) in [7, 11) is 0. The molecule has 1 aromatic rings. The van der Waals surface area contributed by atoms with Crippen LogP contribution in [0.4, 0.5) is 0 Å². The van der Waals surface area contributed by atoms with Crippen molar-refractivity contribution in [1.82, 2.24) is 5.32 Å². The second-order valence-electron chi connectivity index (χ2n) is 6.09. The Balaban J connectivity index is 1.91. The molecule has 1 aliphatic carbocycles. The van der Waals surface area contributed by atoms with Crippen LogP contribution >= 0.6 is 11.6 Å². The highest BCUT2D eigenvalue weighted by Gasteiger charge is 2.18. The number of carbonyl (C=O) groups is 1. The monoisotopic (exact) mass is 308 g/mol. The van der Waals surface area contributed by atoms with Gasteiger partial charge in [-0.05, 0) is 43.4 Å². The molecule has 0 unspecified atom stereocenters. The molecular weight excluding hydrogens is 284 g/mol. The molecule has 1 aromatic carbocycles. The highest BCUT2D eigenvalue weighted by atomic mass is 35.5. The average molecular weight is 309 g/mol. The summed E-state index contributed by atoms with van der Waals surface area (Å²) in [5.74, 6) is 0.319. The Bertz CT molecular complexity index is 482. The van der Waals surface area contributed by atoms with Crippen molar-refractivity contribution in [1.29, 1.82) is 0 Å². The van der Waals surface area contributed by atoms with Gasteiger partial charge in [-0.15, -0.1) is 0 Å². The van der Waals surface area contributed by atoms with E-state index in [0.29, 0.717) is 16.6 Å². The molecule has 1 amide bonds. The Morgan fingerprint density at radius 2 is 2.00 bits per heavy atom. The number of amides is 1. The summed E-state index contributed by atoms with van der Waals surface area (Å²) in [4.78, 5) is 11.1. The summed E-state index contributed by atoms with van der Waals surface area (Å²) in [6.45, 7) is 3.00. The van der Waals surface area contributed by atoms with Crippen molar-refractivity contribution in [3.05, 3.63) is 34.3 Å². The SMILES string of the molecule is C[C@H](NCc1ccc(C(N)=O)cc1Cl)C1CCCCCC1. The zero-order valence-corrected chi connectivity index (χ0v) is 13.5. The smallest absolute Gasteiger partial charge is 0.248 e. The molecule has 0 aliphatic heterocycles. The van der Waals surface area contributed by atoms with Gasteiger partial charge in [0.15, 0.2) is 0 Å². The van der Waals surface area contributed by atoms with Crippen LogP contribution < -0.4 is 11.1 Å². The van der Waals surface area contributed by atoms with E-state index in [1.54, 1.807) is 12.1 Å². The first kappa shape index (κ1) is 16.3. The summed E-state index contributed by atoms with van der Waals surface area (Å²) in [5, 5.41) is 4.19. The predicted octanol–water partition coefficient (Wildman–Crippen LogP) is 3.89. The Labute approximate surface area is 132 Å². The highest BCUT2D eigenvalue weighted by molar-refractivity contribution is 6.31. The lowest BCUT2D eigenvalue weighted by Crippen LogP contribution is -2.33. The zero-order chi connectivity index (χ0) is 15.2. The third-order valence-corrected chi connectivity index (χ3v) is 4.91. The first-order valence-electron chi connectivity index (χ1n) is 7.89. The molecule has 0 radical (unpaired) electrons. The van der Waals surface area contributed by atoms with E-state index >= 15 is 0 Å². The van der Waals surface area contributed by atoms with Crippen LogP contribution in [0.5, 0.6) is 0 Å². The van der Waals surface area contributed by atoms with Gasteiger partial charge in [0.1, 0.15) is 0 Å². The minimum Gasteiger partial charge on any atom is -0.366 e. The van der Waals surface area contributed by atoms with Crippen molar-refractivity contribution in [2.75, 3.05) is 0 Å². The Morgan fingerprint density at radius 1 is 1.33 bits per heavy atom. The summed E-state index contributed by atoms with van der Waals surface area (Å²) < 4.78 is 0. The second-order valence-corrected chi connectivity index (χ2v) is 6.50. The third kappa shape index (κ3) is 4.72. The standard InChI is InChI=1S/C17H25ClN2O/c1-12(13-6-4-2-3-5-7-13)20-11-15-9-8-14(17(19)21)10-16(15)18/h8-10,12-13,20H,2-7,11H2,1H3,(H2,19,21)/t12-/m0/s1. The van der Waals surface area contributed by atoms with E-state index in [0.717, 1.165) is 18.0 Å². The molecule has 1 fully saturated rings. The van der Waals surface area contributed by atoms with Gasteiger partial charge in [0.2, 0.25) is 5.91 Å². The van der Waals surface area contributed by atoms with Crippen LogP contribution in [0.1, 0.15) is 61.4 Å². The molecule has 1 saturated carbocycles. The molecule has 116 valence electrons. The van der Waals surface area contributed by atoms with E-state index in [4.69, 9.17) is 17.3 Å². The lowest BCUT2D eigenvalue weighted by Gasteiger charge is -2.24. The maximum Gasteiger partial charge on any atom is 0.248 e. The van der Waals surface area contributed by atoms with E-state index in [2.05, 4.69) is 12.2 Å². The van der Waals surface area contributed by atoms with Crippen molar-refractivity contribution in [2.24, 2.45) is 11.7 Å². The summed E-state index contributed by atoms with van der Waals surface area (Å²) in [6.07, 6.45) is 8.10. The highest BCUT2D eigenvalue weighted by Crippen LogP contribution is 2.26. The number of benzene rings is 1. The Morgan fingerprint density at radius 3 is 2.57 bits per heavy atom.